The number of thioether (sulfide) groups is 1. The van der Waals surface area contributed by atoms with Crippen molar-refractivity contribution >= 4 is 46.1 Å². The first kappa shape index (κ1) is 20.2. The van der Waals surface area contributed by atoms with Crippen LogP contribution in [0.3, 0.4) is 0 Å². The Bertz CT molecular complexity index is 1320. The highest BCUT2D eigenvalue weighted by Gasteiger charge is 2.17. The molecule has 0 saturated heterocycles. The van der Waals surface area contributed by atoms with Crippen molar-refractivity contribution in [1.82, 2.24) is 14.7 Å². The van der Waals surface area contributed by atoms with E-state index in [0.29, 0.717) is 32.5 Å². The van der Waals surface area contributed by atoms with Gasteiger partial charge >= 0.3 is 0 Å². The predicted molar refractivity (Wildman–Crippen MR) is 118 cm³/mol. The number of fused-ring (bicyclic) bond motifs is 1. The standard InChI is InChI=1S/C21H17ClN4O3S/c1-12-10-19(29-25-12)24-18(27)11-30-21-23-16-8-4-3-6-14(16)20(28)26(21)17-9-5-7-15(22)13(17)2/h3-10H,11H2,1-2H3,(H,24,27). The number of aromatic nitrogens is 3. The van der Waals surface area contributed by atoms with E-state index in [4.69, 9.17) is 16.1 Å². The molecule has 30 heavy (non-hydrogen) atoms. The third kappa shape index (κ3) is 3.96. The van der Waals surface area contributed by atoms with Gasteiger partial charge in [-0.3, -0.25) is 19.5 Å². The van der Waals surface area contributed by atoms with Gasteiger partial charge in [-0.15, -0.1) is 0 Å². The second-order valence-electron chi connectivity index (χ2n) is 6.61. The summed E-state index contributed by atoms with van der Waals surface area (Å²) in [5.74, 6) is 0.00464. The normalized spacial score (nSPS) is 11.0. The van der Waals surface area contributed by atoms with E-state index >= 15 is 0 Å². The van der Waals surface area contributed by atoms with Crippen molar-refractivity contribution in [3.63, 3.8) is 0 Å². The van der Waals surface area contributed by atoms with E-state index in [0.717, 1.165) is 17.3 Å². The smallest absolute Gasteiger partial charge is 0.266 e. The first-order valence-corrected chi connectivity index (χ1v) is 10.4. The molecule has 0 atom stereocenters. The molecule has 9 heteroatoms. The van der Waals surface area contributed by atoms with Crippen LogP contribution < -0.4 is 10.9 Å². The maximum absolute atomic E-state index is 13.3. The van der Waals surface area contributed by atoms with Gasteiger partial charge in [0.15, 0.2) is 5.16 Å². The first-order chi connectivity index (χ1) is 14.4. The zero-order chi connectivity index (χ0) is 21.3. The topological polar surface area (TPSA) is 90.0 Å². The average molecular weight is 441 g/mol. The summed E-state index contributed by atoms with van der Waals surface area (Å²) in [5.41, 5.74) is 2.38. The molecule has 152 valence electrons. The Morgan fingerprint density at radius 1 is 1.20 bits per heavy atom. The minimum atomic E-state index is -0.298. The molecule has 0 spiro atoms. The van der Waals surface area contributed by atoms with Gasteiger partial charge in [0, 0.05) is 11.1 Å². The van der Waals surface area contributed by atoms with Gasteiger partial charge in [-0.1, -0.05) is 46.7 Å². The highest BCUT2D eigenvalue weighted by Crippen LogP contribution is 2.26. The van der Waals surface area contributed by atoms with Crippen molar-refractivity contribution in [3.05, 3.63) is 75.2 Å². The first-order valence-electron chi connectivity index (χ1n) is 9.07. The number of aryl methyl sites for hydroxylation is 1. The molecule has 0 aliphatic rings. The van der Waals surface area contributed by atoms with Gasteiger partial charge < -0.3 is 4.52 Å². The third-order valence-electron chi connectivity index (χ3n) is 4.45. The summed E-state index contributed by atoms with van der Waals surface area (Å²) >= 11 is 7.44. The van der Waals surface area contributed by atoms with Gasteiger partial charge in [0.2, 0.25) is 11.8 Å². The molecule has 1 amide bonds. The van der Waals surface area contributed by atoms with Crippen LogP contribution in [0.15, 0.2) is 63.0 Å². The molecular formula is C21H17ClN4O3S. The number of rotatable bonds is 5. The molecule has 4 aromatic rings. The Labute approximate surface area is 181 Å². The van der Waals surface area contributed by atoms with Crippen molar-refractivity contribution in [2.45, 2.75) is 19.0 Å². The second kappa shape index (κ2) is 8.33. The Balaban J connectivity index is 1.73. The molecule has 0 aliphatic carbocycles. The van der Waals surface area contributed by atoms with Gasteiger partial charge in [0.1, 0.15) is 0 Å². The lowest BCUT2D eigenvalue weighted by Gasteiger charge is -2.15. The molecule has 1 N–H and O–H groups in total. The number of nitrogens with zero attached hydrogens (tertiary/aromatic N) is 3. The molecule has 0 fully saturated rings. The maximum Gasteiger partial charge on any atom is 0.266 e. The highest BCUT2D eigenvalue weighted by molar-refractivity contribution is 7.99. The number of para-hydroxylation sites is 1. The zero-order valence-corrected chi connectivity index (χ0v) is 17.8. The number of hydrogen-bond acceptors (Lipinski definition) is 6. The number of anilines is 1. The summed E-state index contributed by atoms with van der Waals surface area (Å²) in [4.78, 5) is 30.3. The molecule has 0 bridgehead atoms. The number of carbonyl (C=O) groups is 1. The summed E-state index contributed by atoms with van der Waals surface area (Å²) in [7, 11) is 0. The SMILES string of the molecule is Cc1cc(NC(=O)CSc2nc3ccccc3c(=O)n2-c2cccc(Cl)c2C)on1. The van der Waals surface area contributed by atoms with Crippen LogP contribution in [0.2, 0.25) is 5.02 Å². The van der Waals surface area contributed by atoms with Gasteiger partial charge in [-0.05, 0) is 43.7 Å². The molecule has 4 rings (SSSR count). The van der Waals surface area contributed by atoms with Crippen LogP contribution in [-0.4, -0.2) is 26.4 Å². The lowest BCUT2D eigenvalue weighted by molar-refractivity contribution is -0.113. The van der Waals surface area contributed by atoms with Crippen LogP contribution in [0, 0.1) is 13.8 Å². The largest absolute Gasteiger partial charge is 0.338 e. The Morgan fingerprint density at radius 2 is 2.00 bits per heavy atom. The van der Waals surface area contributed by atoms with Gasteiger partial charge in [0.05, 0.1) is 28.0 Å². The minimum Gasteiger partial charge on any atom is -0.338 e. The Morgan fingerprint density at radius 3 is 2.77 bits per heavy atom. The van der Waals surface area contributed by atoms with Gasteiger partial charge in [-0.25, -0.2) is 4.98 Å². The van der Waals surface area contributed by atoms with E-state index in [-0.39, 0.29) is 23.1 Å². The Kier molecular flexibility index (Phi) is 5.61. The monoisotopic (exact) mass is 440 g/mol. The minimum absolute atomic E-state index is 0.0319. The van der Waals surface area contributed by atoms with E-state index in [1.165, 1.54) is 4.57 Å². The number of hydrogen-bond donors (Lipinski definition) is 1. The fraction of sp³-hybridized carbons (Fsp3) is 0.143. The van der Waals surface area contributed by atoms with Crippen molar-refractivity contribution in [2.24, 2.45) is 0 Å². The van der Waals surface area contributed by atoms with Crippen molar-refractivity contribution < 1.29 is 9.32 Å². The zero-order valence-electron chi connectivity index (χ0n) is 16.2. The summed E-state index contributed by atoms with van der Waals surface area (Å²) < 4.78 is 6.51. The molecular weight excluding hydrogens is 424 g/mol. The summed E-state index contributed by atoms with van der Waals surface area (Å²) in [6.07, 6.45) is 0. The molecule has 2 aromatic heterocycles. The van der Waals surface area contributed by atoms with Crippen LogP contribution in [-0.2, 0) is 4.79 Å². The van der Waals surface area contributed by atoms with Gasteiger partial charge in [-0.2, -0.15) is 0 Å². The van der Waals surface area contributed by atoms with Crippen LogP contribution in [0.4, 0.5) is 5.88 Å². The van der Waals surface area contributed by atoms with Crippen molar-refractivity contribution in [1.29, 1.82) is 0 Å². The van der Waals surface area contributed by atoms with E-state index < -0.39 is 0 Å². The lowest BCUT2D eigenvalue weighted by Crippen LogP contribution is -2.23. The average Bonchev–Trinajstić information content (AvgIpc) is 3.13. The molecule has 0 saturated carbocycles. The fourth-order valence-corrected chi connectivity index (χ4v) is 3.96. The van der Waals surface area contributed by atoms with Crippen LogP contribution in [0.25, 0.3) is 16.6 Å². The quantitative estimate of drug-likeness (QED) is 0.366. The van der Waals surface area contributed by atoms with E-state index in [9.17, 15) is 9.59 Å². The molecule has 2 heterocycles. The maximum atomic E-state index is 13.3. The number of benzene rings is 2. The molecule has 7 nitrogen and oxygen atoms in total. The van der Waals surface area contributed by atoms with E-state index in [1.54, 1.807) is 49.4 Å². The molecule has 2 aromatic carbocycles. The van der Waals surface area contributed by atoms with E-state index in [2.05, 4.69) is 15.5 Å². The lowest BCUT2D eigenvalue weighted by atomic mass is 10.2. The molecule has 0 unspecified atom stereocenters. The van der Waals surface area contributed by atoms with Crippen LogP contribution >= 0.6 is 23.4 Å². The number of nitrogens with one attached hydrogen (secondary N) is 1. The number of carbonyl (C=O) groups excluding carboxylic acids is 1. The van der Waals surface area contributed by atoms with Crippen molar-refractivity contribution in [3.8, 4) is 5.69 Å². The summed E-state index contributed by atoms with van der Waals surface area (Å²) in [6, 6.07) is 14.1. The number of amides is 1. The van der Waals surface area contributed by atoms with Crippen LogP contribution in [0.1, 0.15) is 11.3 Å². The molecule has 0 radical (unpaired) electrons. The summed E-state index contributed by atoms with van der Waals surface area (Å²) in [6.45, 7) is 3.60. The second-order valence-corrected chi connectivity index (χ2v) is 7.96. The highest BCUT2D eigenvalue weighted by atomic mass is 35.5. The van der Waals surface area contributed by atoms with Crippen LogP contribution in [0.5, 0.6) is 0 Å². The molecule has 0 aliphatic heterocycles. The number of halogens is 1. The van der Waals surface area contributed by atoms with Crippen molar-refractivity contribution in [2.75, 3.05) is 11.1 Å². The van der Waals surface area contributed by atoms with Gasteiger partial charge in [0.25, 0.3) is 5.56 Å². The third-order valence-corrected chi connectivity index (χ3v) is 5.80. The fourth-order valence-electron chi connectivity index (χ4n) is 2.99. The van der Waals surface area contributed by atoms with E-state index in [1.807, 2.05) is 13.0 Å². The Hall–Kier alpha value is -3.10. The summed E-state index contributed by atoms with van der Waals surface area (Å²) in [5, 5.41) is 7.81. The predicted octanol–water partition coefficient (Wildman–Crippen LogP) is 4.37.